The molecule has 1 aliphatic rings. The molecule has 2 atom stereocenters. The Hall–Kier alpha value is -2.82. The standard InChI is InChI=1S/C8H9NO6.2C3H6O2/c1-2-7(11)15-8(9(12)13)4-3-6(5-10)14-8;2*1-2-3(4)5/h3-6H,2H2,1H3;2*2H2,1H3,(H,4,5). The number of ether oxygens (including phenoxy) is 2. The maximum atomic E-state index is 10.9. The minimum absolute atomic E-state index is 0.0153. The summed E-state index contributed by atoms with van der Waals surface area (Å²) in [5.41, 5.74) is 0. The molecule has 0 saturated carbocycles. The van der Waals surface area contributed by atoms with Crippen molar-refractivity contribution >= 4 is 24.2 Å². The Kier molecular flexibility index (Phi) is 12.3. The number of esters is 1. The molecule has 0 radical (unpaired) electrons. The summed E-state index contributed by atoms with van der Waals surface area (Å²) in [7, 11) is 0. The van der Waals surface area contributed by atoms with Crippen molar-refractivity contribution in [2.24, 2.45) is 0 Å². The Morgan fingerprint density at radius 1 is 1.20 bits per heavy atom. The molecule has 0 amide bonds. The fourth-order valence-corrected chi connectivity index (χ4v) is 0.998. The molecule has 0 spiro atoms. The molecular weight excluding hydrogens is 342 g/mol. The van der Waals surface area contributed by atoms with Crippen LogP contribution in [0.25, 0.3) is 0 Å². The fourth-order valence-electron chi connectivity index (χ4n) is 0.998. The Balaban J connectivity index is 0. The van der Waals surface area contributed by atoms with E-state index in [2.05, 4.69) is 4.74 Å². The second kappa shape index (κ2) is 12.6. The van der Waals surface area contributed by atoms with Crippen molar-refractivity contribution in [2.45, 2.75) is 52.0 Å². The summed E-state index contributed by atoms with van der Waals surface area (Å²) in [5, 5.41) is 26.1. The van der Waals surface area contributed by atoms with Gasteiger partial charge in [-0.05, 0) is 6.08 Å². The van der Waals surface area contributed by atoms with Crippen LogP contribution in [0.2, 0.25) is 0 Å². The Labute approximate surface area is 143 Å². The van der Waals surface area contributed by atoms with Crippen molar-refractivity contribution in [3.63, 3.8) is 0 Å². The van der Waals surface area contributed by atoms with Crippen LogP contribution in [0.1, 0.15) is 40.0 Å². The number of carbonyl (C=O) groups is 4. The Morgan fingerprint density at radius 2 is 1.64 bits per heavy atom. The molecule has 0 aromatic carbocycles. The van der Waals surface area contributed by atoms with Gasteiger partial charge in [-0.25, -0.2) is 0 Å². The molecule has 142 valence electrons. The van der Waals surface area contributed by atoms with Gasteiger partial charge in [-0.1, -0.05) is 20.8 Å². The van der Waals surface area contributed by atoms with E-state index in [0.717, 1.165) is 6.08 Å². The minimum Gasteiger partial charge on any atom is -0.481 e. The van der Waals surface area contributed by atoms with Gasteiger partial charge in [-0.15, -0.1) is 0 Å². The van der Waals surface area contributed by atoms with Crippen molar-refractivity contribution < 1.29 is 43.8 Å². The second-order valence-electron chi connectivity index (χ2n) is 4.29. The summed E-state index contributed by atoms with van der Waals surface area (Å²) in [6, 6.07) is 0. The van der Waals surface area contributed by atoms with E-state index in [4.69, 9.17) is 14.9 Å². The van der Waals surface area contributed by atoms with E-state index in [1.54, 1.807) is 13.8 Å². The topological polar surface area (TPSA) is 170 Å². The predicted octanol–water partition coefficient (Wildman–Crippen LogP) is 0.986. The van der Waals surface area contributed by atoms with Gasteiger partial charge in [0.25, 0.3) is 0 Å². The van der Waals surface area contributed by atoms with Crippen LogP contribution in [0.15, 0.2) is 12.2 Å². The quantitative estimate of drug-likeness (QED) is 0.173. The number of hydrogen-bond acceptors (Lipinski definition) is 8. The lowest BCUT2D eigenvalue weighted by molar-refractivity contribution is -0.664. The van der Waals surface area contributed by atoms with Crippen LogP contribution in [0.4, 0.5) is 0 Å². The molecule has 25 heavy (non-hydrogen) atoms. The normalized spacial score (nSPS) is 20.2. The lowest BCUT2D eigenvalue weighted by atomic mass is 10.4. The van der Waals surface area contributed by atoms with Crippen LogP contribution in [-0.2, 0) is 28.7 Å². The van der Waals surface area contributed by atoms with Crippen LogP contribution in [0.5, 0.6) is 0 Å². The number of carboxylic acid groups (broad SMARTS) is 2. The van der Waals surface area contributed by atoms with E-state index in [9.17, 15) is 29.3 Å². The minimum atomic E-state index is -2.35. The first-order valence-electron chi connectivity index (χ1n) is 7.20. The summed E-state index contributed by atoms with van der Waals surface area (Å²) in [6.45, 7) is 4.69. The third-order valence-corrected chi connectivity index (χ3v) is 2.34. The summed E-state index contributed by atoms with van der Waals surface area (Å²) in [4.78, 5) is 49.8. The van der Waals surface area contributed by atoms with Crippen molar-refractivity contribution in [2.75, 3.05) is 0 Å². The fraction of sp³-hybridized carbons (Fsp3) is 0.571. The van der Waals surface area contributed by atoms with Crippen LogP contribution in [0, 0.1) is 10.1 Å². The van der Waals surface area contributed by atoms with Crippen molar-refractivity contribution in [3.05, 3.63) is 22.3 Å². The molecule has 11 nitrogen and oxygen atoms in total. The molecular formula is C14H21NO10. The number of nitro groups is 1. The highest BCUT2D eigenvalue weighted by Crippen LogP contribution is 2.25. The van der Waals surface area contributed by atoms with Gasteiger partial charge in [0.2, 0.25) is 0 Å². The lowest BCUT2D eigenvalue weighted by Crippen LogP contribution is -2.43. The Bertz CT molecular complexity index is 502. The summed E-state index contributed by atoms with van der Waals surface area (Å²) >= 11 is 0. The third-order valence-electron chi connectivity index (χ3n) is 2.34. The molecule has 2 unspecified atom stereocenters. The molecule has 11 heteroatoms. The zero-order chi connectivity index (χ0) is 20.0. The van der Waals surface area contributed by atoms with E-state index in [1.165, 1.54) is 13.0 Å². The molecule has 0 bridgehead atoms. The van der Waals surface area contributed by atoms with E-state index in [0.29, 0.717) is 6.29 Å². The lowest BCUT2D eigenvalue weighted by Gasteiger charge is -2.17. The number of aliphatic carboxylic acids is 2. The average Bonchev–Trinajstić information content (AvgIpc) is 3.00. The smallest absolute Gasteiger partial charge is 0.481 e. The molecule has 0 aromatic rings. The number of rotatable bonds is 6. The van der Waals surface area contributed by atoms with Gasteiger partial charge in [0, 0.05) is 19.3 Å². The van der Waals surface area contributed by atoms with Gasteiger partial charge in [0.1, 0.15) is 11.0 Å². The first-order valence-corrected chi connectivity index (χ1v) is 7.20. The van der Waals surface area contributed by atoms with Crippen molar-refractivity contribution in [3.8, 4) is 0 Å². The highest BCUT2D eigenvalue weighted by atomic mass is 16.8. The first kappa shape index (κ1) is 24.4. The summed E-state index contributed by atoms with van der Waals surface area (Å²) in [5.74, 6) is -4.61. The molecule has 2 N–H and O–H groups in total. The maximum Gasteiger partial charge on any atom is 0.508 e. The number of carboxylic acids is 2. The summed E-state index contributed by atoms with van der Waals surface area (Å²) in [6.07, 6.45) is 1.86. The van der Waals surface area contributed by atoms with Crippen LogP contribution < -0.4 is 0 Å². The van der Waals surface area contributed by atoms with Gasteiger partial charge < -0.3 is 19.7 Å². The van der Waals surface area contributed by atoms with Gasteiger partial charge in [-0.2, -0.15) is 0 Å². The number of carbonyl (C=O) groups excluding carboxylic acids is 2. The highest BCUT2D eigenvalue weighted by molar-refractivity contribution is 5.69. The molecule has 0 aliphatic carbocycles. The molecule has 0 saturated heterocycles. The van der Waals surface area contributed by atoms with Gasteiger partial charge in [0.05, 0.1) is 6.08 Å². The van der Waals surface area contributed by atoms with Crippen LogP contribution in [-0.4, -0.2) is 51.3 Å². The number of aldehydes is 1. The Morgan fingerprint density at radius 3 is 1.88 bits per heavy atom. The number of nitrogens with zero attached hydrogens (tertiary/aromatic N) is 1. The highest BCUT2D eigenvalue weighted by Gasteiger charge is 2.52. The van der Waals surface area contributed by atoms with E-state index < -0.39 is 34.8 Å². The van der Waals surface area contributed by atoms with Crippen LogP contribution in [0.3, 0.4) is 0 Å². The largest absolute Gasteiger partial charge is 0.508 e. The van der Waals surface area contributed by atoms with Crippen molar-refractivity contribution in [1.29, 1.82) is 0 Å². The van der Waals surface area contributed by atoms with Crippen molar-refractivity contribution in [1.82, 2.24) is 0 Å². The molecule has 0 aromatic heterocycles. The van der Waals surface area contributed by atoms with E-state index in [-0.39, 0.29) is 19.3 Å². The van der Waals surface area contributed by atoms with E-state index >= 15 is 0 Å². The van der Waals surface area contributed by atoms with Gasteiger partial charge in [-0.3, -0.25) is 29.2 Å². The molecule has 1 heterocycles. The summed E-state index contributed by atoms with van der Waals surface area (Å²) < 4.78 is 9.25. The molecule has 1 aliphatic heterocycles. The number of hydrogen-bond donors (Lipinski definition) is 2. The maximum absolute atomic E-state index is 10.9. The zero-order valence-corrected chi connectivity index (χ0v) is 14.0. The third kappa shape index (κ3) is 10.5. The second-order valence-corrected chi connectivity index (χ2v) is 4.29. The van der Waals surface area contributed by atoms with E-state index in [1.807, 2.05) is 0 Å². The average molecular weight is 363 g/mol. The first-order chi connectivity index (χ1) is 11.6. The predicted molar refractivity (Wildman–Crippen MR) is 82.0 cm³/mol. The zero-order valence-electron chi connectivity index (χ0n) is 14.0. The van der Waals surface area contributed by atoms with Gasteiger partial charge >= 0.3 is 23.8 Å². The molecule has 1 rings (SSSR count). The van der Waals surface area contributed by atoms with Crippen LogP contribution >= 0.6 is 0 Å². The molecule has 0 fully saturated rings. The SMILES string of the molecule is CCC(=O)O.CCC(=O)O.CCC(=O)OC1([N+](=O)[O-])C=CC(C=O)O1. The van der Waals surface area contributed by atoms with Gasteiger partial charge in [0.15, 0.2) is 6.29 Å². The monoisotopic (exact) mass is 363 g/mol.